The number of ketones is 5. The van der Waals surface area contributed by atoms with E-state index in [1.807, 2.05) is 66.9 Å². The van der Waals surface area contributed by atoms with E-state index in [0.29, 0.717) is 24.8 Å². The fraction of sp³-hybridized carbons (Fsp3) is 0.422. The number of fused-ring (bicyclic) bond motifs is 4. The van der Waals surface area contributed by atoms with Crippen LogP contribution in [0.2, 0.25) is 0 Å². The van der Waals surface area contributed by atoms with Gasteiger partial charge in [-0.3, -0.25) is 48.7 Å². The number of pyridine rings is 4. The van der Waals surface area contributed by atoms with Crippen LogP contribution in [0.25, 0.3) is 6.08 Å². The minimum absolute atomic E-state index is 0.00152. The van der Waals surface area contributed by atoms with E-state index in [4.69, 9.17) is 18.9 Å². The first-order valence-electron chi connectivity index (χ1n) is 39.8. The van der Waals surface area contributed by atoms with Gasteiger partial charge >= 0.3 is 18.1 Å². The Hall–Kier alpha value is -11.0. The Morgan fingerprint density at radius 2 is 0.832 bits per heavy atom. The normalized spacial score (nSPS) is 18.4. The highest BCUT2D eigenvalue weighted by molar-refractivity contribution is 6.16. The lowest BCUT2D eigenvalue weighted by Crippen LogP contribution is -2.44. The van der Waals surface area contributed by atoms with Crippen LogP contribution >= 0.6 is 0 Å². The number of likely N-dealkylation sites (N-methyl/N-ethyl adjacent to an activating group) is 4. The number of aliphatic hydroxyl groups is 1. The number of Topliss-reactive ketones (excluding diaryl/α,β-unsaturated/α-hetero) is 5. The van der Waals surface area contributed by atoms with Crippen molar-refractivity contribution in [2.45, 2.75) is 76.7 Å². The van der Waals surface area contributed by atoms with E-state index in [2.05, 4.69) is 112 Å². The summed E-state index contributed by atoms with van der Waals surface area (Å²) in [5.41, 5.74) is 16.5. The number of hydrogen-bond donors (Lipinski definition) is 1. The number of methoxy groups -OCH3 is 4. The second-order valence-corrected chi connectivity index (χ2v) is 31.4. The molecule has 8 heterocycles. The van der Waals surface area contributed by atoms with Crippen LogP contribution in [0, 0.1) is 11.8 Å². The summed E-state index contributed by atoms with van der Waals surface area (Å²) >= 11 is 0. The number of benzene rings is 4. The number of aromatic nitrogens is 4. The number of aldehydes is 1. The van der Waals surface area contributed by atoms with Crippen molar-refractivity contribution in [3.05, 3.63) is 218 Å². The molecule has 119 heavy (non-hydrogen) atoms. The van der Waals surface area contributed by atoms with Gasteiger partial charge in [-0.2, -0.15) is 26.3 Å². The zero-order chi connectivity index (χ0) is 85.5. The van der Waals surface area contributed by atoms with Gasteiger partial charge in [0.25, 0.3) is 0 Å². The summed E-state index contributed by atoms with van der Waals surface area (Å²) in [5.74, 6) is 0.150. The van der Waals surface area contributed by atoms with Gasteiger partial charge in [0, 0.05) is 218 Å². The average molecular weight is 1640 g/mol. The van der Waals surface area contributed by atoms with E-state index in [-0.39, 0.29) is 35.0 Å². The van der Waals surface area contributed by atoms with Gasteiger partial charge in [0.15, 0.2) is 29.4 Å². The van der Waals surface area contributed by atoms with Gasteiger partial charge in [-0.1, -0.05) is 12.1 Å². The first kappa shape index (κ1) is 88.8. The molecule has 8 aromatic rings. The summed E-state index contributed by atoms with van der Waals surface area (Å²) in [5, 5.41) is 10.3. The third kappa shape index (κ3) is 22.7. The Balaban J connectivity index is 0.000000146. The smallest absolute Gasteiger partial charge is 0.459 e. The molecule has 0 amide bonds. The molecule has 23 nitrogen and oxygen atoms in total. The van der Waals surface area contributed by atoms with Crippen molar-refractivity contribution < 1.29 is 79.2 Å². The molecule has 29 heteroatoms. The van der Waals surface area contributed by atoms with Gasteiger partial charge < -0.3 is 63.3 Å². The summed E-state index contributed by atoms with van der Waals surface area (Å²) < 4.78 is 87.7. The van der Waals surface area contributed by atoms with E-state index in [1.165, 1.54) is 11.8 Å². The predicted octanol–water partition coefficient (Wildman–Crippen LogP) is 11.9. The Kier molecular flexibility index (Phi) is 29.6. The minimum Gasteiger partial charge on any atom is -0.495 e. The van der Waals surface area contributed by atoms with E-state index in [0.717, 1.165) is 249 Å². The Bertz CT molecular complexity index is 4890. The summed E-state index contributed by atoms with van der Waals surface area (Å²) in [6.45, 7) is 19.7. The van der Waals surface area contributed by atoms with E-state index in [9.17, 15) is 60.2 Å². The van der Waals surface area contributed by atoms with Gasteiger partial charge in [0.2, 0.25) is 0 Å². The second-order valence-electron chi connectivity index (χ2n) is 31.4. The third-order valence-electron chi connectivity index (χ3n) is 22.6. The Morgan fingerprint density at radius 1 is 0.454 bits per heavy atom. The van der Waals surface area contributed by atoms with Crippen molar-refractivity contribution in [1.82, 2.24) is 39.5 Å². The van der Waals surface area contributed by atoms with Gasteiger partial charge in [0.05, 0.1) is 56.8 Å². The highest BCUT2D eigenvalue weighted by atomic mass is 19.4. The quantitative estimate of drug-likeness (QED) is 0.0570. The number of nitrogens with zero attached hydrogens (tertiary/aromatic N) is 12. The number of alkyl halides is 6. The van der Waals surface area contributed by atoms with E-state index < -0.39 is 23.7 Å². The van der Waals surface area contributed by atoms with Crippen LogP contribution in [-0.4, -0.2) is 254 Å². The molecular formula is C90H104F6N12O11. The van der Waals surface area contributed by atoms with E-state index in [1.54, 1.807) is 91.6 Å². The van der Waals surface area contributed by atoms with Crippen molar-refractivity contribution >= 4 is 64.0 Å². The van der Waals surface area contributed by atoms with Gasteiger partial charge in [-0.25, -0.2) is 0 Å². The lowest BCUT2D eigenvalue weighted by molar-refractivity contribution is -0.217. The molecule has 0 spiro atoms. The molecule has 2 atom stereocenters. The first-order chi connectivity index (χ1) is 56.8. The zero-order valence-electron chi connectivity index (χ0n) is 69.0. The van der Waals surface area contributed by atoms with Crippen LogP contribution in [0.5, 0.6) is 23.0 Å². The van der Waals surface area contributed by atoms with Crippen LogP contribution in [0.1, 0.15) is 117 Å². The minimum atomic E-state index is -5.82. The standard InChI is InChI=1S/C24H31N3O3.C21H25N3O2.C21H23N3O2.C15H20N2O2.C6H5NO.C3F6O/c1-24(2,29)19-10-16(14-25-15-19)9-18-11-17-12-21(27-7-5-26(3)6-8-27)22(30-4)13-20(17)23(18)28;2*1-23-6-8-24(9-7-23)19-12-16-11-17(10-15-4-3-5-22-14-15)21(25)18(16)13-20(19)26-2;1-16-5-7-17(8-6-16)13-9-11-3-4-14(18)12(11)10-15(13)19-2;8-5-6-2-1-3-7-4-6;4-2(5,6)1(10)3(7,8)9/h10,12-15,18,29H,5-9,11H2,1-4H3;3-5,12-14,17H,6-11H2,1-2H3;3-5,10,12-14H,6-9,11H2,1-2H3;9-10H,3-8H2,1-2H3;1-5H;/b;;17-10+;;;. The number of carbonyl (C=O) groups is 6. The van der Waals surface area contributed by atoms with Gasteiger partial charge in [0.1, 0.15) is 23.0 Å². The van der Waals surface area contributed by atoms with Crippen LogP contribution in [-0.2, 0) is 48.9 Å². The summed E-state index contributed by atoms with van der Waals surface area (Å²) in [6, 6.07) is 29.6. The number of anilines is 4. The molecule has 1 N–H and O–H groups in total. The molecule has 16 rings (SSSR count). The molecule has 8 aliphatic rings. The largest absolute Gasteiger partial charge is 0.495 e. The number of carbonyl (C=O) groups excluding carboxylic acids is 6. The van der Waals surface area contributed by atoms with E-state index >= 15 is 0 Å². The number of piperazine rings is 4. The van der Waals surface area contributed by atoms with Crippen molar-refractivity contribution in [1.29, 1.82) is 0 Å². The number of allylic oxidation sites excluding steroid dienone is 1. The lowest BCUT2D eigenvalue weighted by Gasteiger charge is -2.35. The molecule has 4 fully saturated rings. The lowest BCUT2D eigenvalue weighted by atomic mass is 9.93. The molecule has 4 aromatic carbocycles. The number of ether oxygens (including phenoxy) is 4. The highest BCUT2D eigenvalue weighted by Crippen LogP contribution is 2.43. The molecule has 4 aliphatic heterocycles. The van der Waals surface area contributed by atoms with Gasteiger partial charge in [-0.05, 0) is 198 Å². The number of aryl methyl sites for hydroxylation is 1. The van der Waals surface area contributed by atoms with Crippen LogP contribution in [0.4, 0.5) is 49.1 Å². The Labute approximate surface area is 690 Å². The molecule has 4 aliphatic carbocycles. The summed E-state index contributed by atoms with van der Waals surface area (Å²) in [4.78, 5) is 105. The summed E-state index contributed by atoms with van der Waals surface area (Å²) in [6.07, 6.45) is 9.90. The average Bonchev–Trinajstić information content (AvgIpc) is 1.54. The summed E-state index contributed by atoms with van der Waals surface area (Å²) in [7, 11) is 15.3. The topological polar surface area (TPSA) is 237 Å². The fourth-order valence-corrected chi connectivity index (χ4v) is 15.6. The number of halogens is 6. The molecule has 0 radical (unpaired) electrons. The predicted molar refractivity (Wildman–Crippen MR) is 445 cm³/mol. The molecule has 632 valence electrons. The van der Waals surface area contributed by atoms with Crippen molar-refractivity contribution in [2.24, 2.45) is 11.8 Å². The Morgan fingerprint density at radius 3 is 1.20 bits per heavy atom. The maximum Gasteiger partial charge on any atom is 0.459 e. The number of rotatable bonds is 15. The van der Waals surface area contributed by atoms with Crippen LogP contribution in [0.15, 0.2) is 146 Å². The molecule has 0 saturated carbocycles. The second kappa shape index (κ2) is 39.7. The molecule has 2 unspecified atom stereocenters. The maximum absolute atomic E-state index is 13.1. The molecule has 4 saturated heterocycles. The highest BCUT2D eigenvalue weighted by Gasteiger charge is 2.56. The third-order valence-corrected chi connectivity index (χ3v) is 22.6. The first-order valence-corrected chi connectivity index (χ1v) is 39.8. The zero-order valence-corrected chi connectivity index (χ0v) is 69.0. The number of hydrogen-bond acceptors (Lipinski definition) is 23. The van der Waals surface area contributed by atoms with Crippen LogP contribution in [0.3, 0.4) is 0 Å². The SMILES string of the molecule is COc1cc2c(cc1N1CCN(C)CC1)C/C(=C\c1cccnc1)C2=O.COc1cc2c(cc1N1CCN(C)CC1)CC(Cc1cccnc1)C2=O.COc1cc2c(cc1N1CCN(C)CC1)CC(Cc1cncc(C(C)(C)O)c1)C2=O.COc1cc2c(cc1N1CCN(C)CC1)CCC2=O.O=C(C(F)(F)F)C(F)(F)F.O=Cc1cccnc1. The van der Waals surface area contributed by atoms with Crippen molar-refractivity contribution in [2.75, 3.05) is 181 Å². The molecule has 0 bridgehead atoms. The monoisotopic (exact) mass is 1640 g/mol. The fourth-order valence-electron chi connectivity index (χ4n) is 15.6. The molecule has 4 aromatic heterocycles. The maximum atomic E-state index is 13.1. The van der Waals surface area contributed by atoms with Gasteiger partial charge in [-0.15, -0.1) is 0 Å². The molecular weight excluding hydrogens is 1540 g/mol. The van der Waals surface area contributed by atoms with Crippen molar-refractivity contribution in [3.8, 4) is 23.0 Å². The van der Waals surface area contributed by atoms with Crippen LogP contribution < -0.4 is 38.5 Å². The van der Waals surface area contributed by atoms with Crippen molar-refractivity contribution in [3.63, 3.8) is 0 Å².